The number of hydrogen-bond donors (Lipinski definition) is 0. The molecule has 1 amide bonds. The number of carbonyl (C=O) groups is 3. The number of methoxy groups -OCH3 is 1. The van der Waals surface area contributed by atoms with Gasteiger partial charge in [-0.2, -0.15) is 0 Å². The first-order valence-electron chi connectivity index (χ1n) is 12.2. The van der Waals surface area contributed by atoms with E-state index in [0.29, 0.717) is 30.7 Å². The molecule has 0 spiro atoms. The molecule has 7 nitrogen and oxygen atoms in total. The molecule has 0 unspecified atom stereocenters. The molecular weight excluding hydrogens is 458 g/mol. The van der Waals surface area contributed by atoms with Crippen LogP contribution in [0.15, 0.2) is 54.6 Å². The number of rotatable bonds is 11. The van der Waals surface area contributed by atoms with Gasteiger partial charge in [0.05, 0.1) is 19.3 Å². The summed E-state index contributed by atoms with van der Waals surface area (Å²) >= 11 is 0. The van der Waals surface area contributed by atoms with E-state index in [1.54, 1.807) is 49.9 Å². The van der Waals surface area contributed by atoms with Crippen molar-refractivity contribution in [2.45, 2.75) is 59.1 Å². The highest BCUT2D eigenvalue weighted by atomic mass is 16.6. The molecule has 0 atom stereocenters. The predicted molar refractivity (Wildman–Crippen MR) is 139 cm³/mol. The number of esters is 2. The van der Waals surface area contributed by atoms with Crippen LogP contribution in [-0.4, -0.2) is 48.8 Å². The summed E-state index contributed by atoms with van der Waals surface area (Å²) < 4.78 is 15.7. The second kappa shape index (κ2) is 14.1. The molecule has 0 aliphatic carbocycles. The molecule has 2 rings (SSSR count). The first-order valence-corrected chi connectivity index (χ1v) is 12.2. The molecule has 194 valence electrons. The highest BCUT2D eigenvalue weighted by molar-refractivity contribution is 5.92. The summed E-state index contributed by atoms with van der Waals surface area (Å²) in [4.78, 5) is 39.0. The second-order valence-electron chi connectivity index (χ2n) is 9.40. The Balaban J connectivity index is 2.34. The lowest BCUT2D eigenvalue weighted by Gasteiger charge is -2.24. The molecule has 0 N–H and O–H groups in total. The van der Waals surface area contributed by atoms with Crippen molar-refractivity contribution in [2.75, 3.05) is 20.3 Å². The van der Waals surface area contributed by atoms with Gasteiger partial charge in [-0.15, -0.1) is 0 Å². The smallest absolute Gasteiger partial charge is 0.410 e. The van der Waals surface area contributed by atoms with Crippen molar-refractivity contribution in [3.8, 4) is 0 Å². The number of nitrogens with zero attached hydrogens (tertiary/aromatic N) is 1. The van der Waals surface area contributed by atoms with Crippen molar-refractivity contribution in [1.29, 1.82) is 0 Å². The molecule has 0 radical (unpaired) electrons. The molecule has 0 heterocycles. The van der Waals surface area contributed by atoms with Crippen molar-refractivity contribution in [3.05, 3.63) is 76.9 Å². The Bertz CT molecular complexity index is 1040. The Morgan fingerprint density at radius 3 is 2.39 bits per heavy atom. The maximum Gasteiger partial charge on any atom is 0.410 e. The Labute approximate surface area is 214 Å². The lowest BCUT2D eigenvalue weighted by molar-refractivity contribution is -0.134. The van der Waals surface area contributed by atoms with Gasteiger partial charge in [0.25, 0.3) is 0 Å². The zero-order chi connectivity index (χ0) is 26.6. The third-order valence-corrected chi connectivity index (χ3v) is 5.24. The number of ether oxygens (including phenoxy) is 3. The standard InChI is InChI=1S/C29H37NO6/c1-6-7-19-35-28(33)30(18-17-22-11-9-8-10-12-22)21-25-14-13-24(27(32)36-29(2,3)4)20-23(25)15-16-26(31)34-5/h8-16,20H,6-7,17-19,21H2,1-5H3/b16-15+. The lowest BCUT2D eigenvalue weighted by Crippen LogP contribution is -2.33. The molecule has 2 aromatic carbocycles. The second-order valence-corrected chi connectivity index (χ2v) is 9.40. The first-order chi connectivity index (χ1) is 17.1. The van der Waals surface area contributed by atoms with E-state index in [2.05, 4.69) is 0 Å². The SMILES string of the molecule is CCCCOC(=O)N(CCc1ccccc1)Cc1ccc(C(=O)OC(C)(C)C)cc1/C=C/C(=O)OC. The van der Waals surface area contributed by atoms with Gasteiger partial charge in [0.1, 0.15) is 5.60 Å². The van der Waals surface area contributed by atoms with Gasteiger partial charge in [-0.1, -0.05) is 49.7 Å². The molecule has 0 fully saturated rings. The predicted octanol–water partition coefficient (Wildman–Crippen LogP) is 5.81. The highest BCUT2D eigenvalue weighted by Gasteiger charge is 2.21. The van der Waals surface area contributed by atoms with Crippen LogP contribution in [0.5, 0.6) is 0 Å². The molecular formula is C29H37NO6. The monoisotopic (exact) mass is 495 g/mol. The fraction of sp³-hybridized carbons (Fsp3) is 0.414. The Hall–Kier alpha value is -3.61. The molecule has 7 heteroatoms. The quantitative estimate of drug-likeness (QED) is 0.169. The van der Waals surface area contributed by atoms with Gasteiger partial charge in [-0.25, -0.2) is 14.4 Å². The van der Waals surface area contributed by atoms with E-state index >= 15 is 0 Å². The van der Waals surface area contributed by atoms with E-state index in [-0.39, 0.29) is 6.54 Å². The Morgan fingerprint density at radius 2 is 1.75 bits per heavy atom. The van der Waals surface area contributed by atoms with E-state index in [1.165, 1.54) is 13.2 Å². The van der Waals surface area contributed by atoms with E-state index in [9.17, 15) is 14.4 Å². The summed E-state index contributed by atoms with van der Waals surface area (Å²) in [6, 6.07) is 15.0. The van der Waals surface area contributed by atoms with Crippen LogP contribution < -0.4 is 0 Å². The maximum atomic E-state index is 12.9. The average molecular weight is 496 g/mol. The largest absolute Gasteiger partial charge is 0.466 e. The van der Waals surface area contributed by atoms with Crippen LogP contribution in [-0.2, 0) is 32.0 Å². The molecule has 0 aliphatic heterocycles. The lowest BCUT2D eigenvalue weighted by atomic mass is 10.0. The van der Waals surface area contributed by atoms with Gasteiger partial charge >= 0.3 is 18.0 Å². The van der Waals surface area contributed by atoms with Gasteiger partial charge in [0.2, 0.25) is 0 Å². The van der Waals surface area contributed by atoms with Gasteiger partial charge in [0.15, 0.2) is 0 Å². The average Bonchev–Trinajstić information content (AvgIpc) is 2.85. The normalized spacial score (nSPS) is 11.2. The first kappa shape index (κ1) is 28.6. The molecule has 0 aliphatic rings. The summed E-state index contributed by atoms with van der Waals surface area (Å²) in [5.41, 5.74) is 2.17. The molecule has 2 aromatic rings. The van der Waals surface area contributed by atoms with Crippen molar-refractivity contribution in [1.82, 2.24) is 4.90 Å². The van der Waals surface area contributed by atoms with Crippen LogP contribution in [0.2, 0.25) is 0 Å². The third-order valence-electron chi connectivity index (χ3n) is 5.24. The van der Waals surface area contributed by atoms with E-state index in [4.69, 9.17) is 14.2 Å². The molecule has 0 saturated carbocycles. The molecule has 0 aromatic heterocycles. The van der Waals surface area contributed by atoms with Crippen molar-refractivity contribution in [3.63, 3.8) is 0 Å². The zero-order valence-electron chi connectivity index (χ0n) is 21.9. The summed E-state index contributed by atoms with van der Waals surface area (Å²) in [5, 5.41) is 0. The van der Waals surface area contributed by atoms with E-state index < -0.39 is 23.6 Å². The topological polar surface area (TPSA) is 82.1 Å². The van der Waals surface area contributed by atoms with Crippen LogP contribution in [0, 0.1) is 0 Å². The number of benzene rings is 2. The van der Waals surface area contributed by atoms with Crippen molar-refractivity contribution < 1.29 is 28.6 Å². The van der Waals surface area contributed by atoms with E-state index in [1.807, 2.05) is 37.3 Å². The van der Waals surface area contributed by atoms with Crippen LogP contribution in [0.25, 0.3) is 6.08 Å². The highest BCUT2D eigenvalue weighted by Crippen LogP contribution is 2.20. The Kier molecular flexibility index (Phi) is 11.2. The molecule has 36 heavy (non-hydrogen) atoms. The van der Waals surface area contributed by atoms with Gasteiger partial charge in [-0.05, 0) is 68.5 Å². The number of unbranched alkanes of at least 4 members (excludes halogenated alkanes) is 1. The number of amides is 1. The minimum atomic E-state index is -0.645. The molecule has 0 saturated heterocycles. The van der Waals surface area contributed by atoms with E-state index in [0.717, 1.165) is 24.0 Å². The minimum absolute atomic E-state index is 0.243. The van der Waals surface area contributed by atoms with Crippen LogP contribution in [0.1, 0.15) is 67.6 Å². The summed E-state index contributed by atoms with van der Waals surface area (Å²) in [6.07, 6.45) is 4.83. The summed E-state index contributed by atoms with van der Waals surface area (Å²) in [7, 11) is 1.29. The zero-order valence-corrected chi connectivity index (χ0v) is 21.9. The third kappa shape index (κ3) is 9.94. The summed E-state index contributed by atoms with van der Waals surface area (Å²) in [5.74, 6) is -0.995. The number of carbonyl (C=O) groups excluding carboxylic acids is 3. The van der Waals surface area contributed by atoms with Crippen molar-refractivity contribution in [2.24, 2.45) is 0 Å². The molecule has 0 bridgehead atoms. The van der Waals surface area contributed by atoms with Crippen LogP contribution in [0.3, 0.4) is 0 Å². The maximum absolute atomic E-state index is 12.9. The van der Waals surface area contributed by atoms with Gasteiger partial charge < -0.3 is 19.1 Å². The van der Waals surface area contributed by atoms with Crippen LogP contribution >= 0.6 is 0 Å². The minimum Gasteiger partial charge on any atom is -0.466 e. The van der Waals surface area contributed by atoms with Crippen molar-refractivity contribution >= 4 is 24.1 Å². The van der Waals surface area contributed by atoms with Gasteiger partial charge in [0, 0.05) is 19.2 Å². The van der Waals surface area contributed by atoms with Crippen LogP contribution in [0.4, 0.5) is 4.79 Å². The Morgan fingerprint density at radius 1 is 1.03 bits per heavy atom. The fourth-order valence-electron chi connectivity index (χ4n) is 3.33. The summed E-state index contributed by atoms with van der Waals surface area (Å²) in [6.45, 7) is 8.47. The fourth-order valence-corrected chi connectivity index (χ4v) is 3.33. The number of hydrogen-bond acceptors (Lipinski definition) is 6. The van der Waals surface area contributed by atoms with Gasteiger partial charge in [-0.3, -0.25) is 0 Å².